The number of hydrogen-bond acceptors (Lipinski definition) is 2. The maximum absolute atomic E-state index is 13.3. The van der Waals surface area contributed by atoms with Crippen LogP contribution in [0.3, 0.4) is 0 Å². The third kappa shape index (κ3) is 3.50. The van der Waals surface area contributed by atoms with E-state index >= 15 is 0 Å². The van der Waals surface area contributed by atoms with Gasteiger partial charge in [-0.15, -0.1) is 0 Å². The van der Waals surface area contributed by atoms with E-state index in [1.165, 1.54) is 13.2 Å². The molecule has 0 bridgehead atoms. The van der Waals surface area contributed by atoms with Gasteiger partial charge in [-0.3, -0.25) is 0 Å². The van der Waals surface area contributed by atoms with E-state index in [0.29, 0.717) is 10.2 Å². The summed E-state index contributed by atoms with van der Waals surface area (Å²) in [6.07, 6.45) is 0. The average molecular weight is 293 g/mol. The molecule has 1 rings (SSSR count). The van der Waals surface area contributed by atoms with Gasteiger partial charge in [-0.05, 0) is 41.6 Å². The minimum atomic E-state index is -1.69. The van der Waals surface area contributed by atoms with Crippen LogP contribution in [0.1, 0.15) is 0 Å². The number of rotatable bonds is 3. The maximum Gasteiger partial charge on any atom is 0.242 e. The Labute approximate surface area is 98.7 Å². The smallest absolute Gasteiger partial charge is 0.242 e. The Morgan fingerprint density at radius 1 is 1.20 bits per heavy atom. The lowest BCUT2D eigenvalue weighted by Crippen LogP contribution is -2.29. The summed E-state index contributed by atoms with van der Waals surface area (Å²) in [7, 11) is -0.255. The van der Waals surface area contributed by atoms with Gasteiger partial charge in [0.2, 0.25) is 8.32 Å². The molecule has 0 atom stereocenters. The van der Waals surface area contributed by atoms with Crippen molar-refractivity contribution in [2.45, 2.75) is 19.6 Å². The molecular weight excluding hydrogens is 279 g/mol. The number of hydrogen-bond donors (Lipinski definition) is 0. The highest BCUT2D eigenvalue weighted by atomic mass is 79.9. The lowest BCUT2D eigenvalue weighted by Gasteiger charge is -2.20. The Morgan fingerprint density at radius 3 is 2.27 bits per heavy atom. The van der Waals surface area contributed by atoms with Crippen molar-refractivity contribution in [3.63, 3.8) is 0 Å². The molecule has 15 heavy (non-hydrogen) atoms. The summed E-state index contributed by atoms with van der Waals surface area (Å²) in [6.45, 7) is 6.19. The van der Waals surface area contributed by atoms with Gasteiger partial charge < -0.3 is 9.16 Å². The Balaban J connectivity index is 3.08. The van der Waals surface area contributed by atoms with Crippen LogP contribution in [0.4, 0.5) is 4.39 Å². The molecule has 0 heterocycles. The molecule has 1 aromatic carbocycles. The van der Waals surface area contributed by atoms with E-state index in [1.807, 2.05) is 0 Å². The second-order valence-corrected chi connectivity index (χ2v) is 9.41. The predicted octanol–water partition coefficient (Wildman–Crippen LogP) is 3.81. The number of ether oxygens (including phenoxy) is 1. The second-order valence-electron chi connectivity index (χ2n) is 4.13. The molecule has 0 amide bonds. The average Bonchev–Trinajstić information content (AvgIpc) is 2.07. The van der Waals surface area contributed by atoms with Gasteiger partial charge in [0.15, 0.2) is 11.6 Å². The summed E-state index contributed by atoms with van der Waals surface area (Å²) in [4.78, 5) is 0. The monoisotopic (exact) mass is 292 g/mol. The third-order valence-corrected chi connectivity index (χ3v) is 3.07. The Bertz CT molecular complexity index is 363. The first-order valence-corrected chi connectivity index (χ1v) is 8.75. The maximum atomic E-state index is 13.3. The molecule has 0 fully saturated rings. The van der Waals surface area contributed by atoms with Gasteiger partial charge in [0.1, 0.15) is 5.75 Å². The second kappa shape index (κ2) is 4.53. The van der Waals surface area contributed by atoms with Gasteiger partial charge >= 0.3 is 0 Å². The van der Waals surface area contributed by atoms with Crippen LogP contribution in [-0.2, 0) is 0 Å². The van der Waals surface area contributed by atoms with E-state index in [1.54, 1.807) is 6.07 Å². The Hall–Kier alpha value is -0.553. The summed E-state index contributed by atoms with van der Waals surface area (Å²) in [6, 6.07) is 2.92. The first-order chi connectivity index (χ1) is 6.83. The van der Waals surface area contributed by atoms with Crippen molar-refractivity contribution >= 4 is 24.2 Å². The third-order valence-electron chi connectivity index (χ3n) is 1.62. The van der Waals surface area contributed by atoms with Crippen LogP contribution in [-0.4, -0.2) is 15.4 Å². The number of benzene rings is 1. The van der Waals surface area contributed by atoms with Crippen molar-refractivity contribution in [1.29, 1.82) is 0 Å². The molecule has 84 valence electrons. The lowest BCUT2D eigenvalue weighted by atomic mass is 10.3. The molecule has 0 aliphatic rings. The van der Waals surface area contributed by atoms with Gasteiger partial charge in [-0.1, -0.05) is 0 Å². The van der Waals surface area contributed by atoms with Crippen molar-refractivity contribution in [3.8, 4) is 11.5 Å². The normalized spacial score (nSPS) is 11.3. The summed E-state index contributed by atoms with van der Waals surface area (Å²) < 4.78 is 24.5. The number of methoxy groups -OCH3 is 1. The molecule has 0 saturated carbocycles. The molecule has 0 aliphatic carbocycles. The topological polar surface area (TPSA) is 18.5 Å². The fraction of sp³-hybridized carbons (Fsp3) is 0.400. The molecule has 0 saturated heterocycles. The molecule has 0 N–H and O–H groups in total. The van der Waals surface area contributed by atoms with E-state index in [-0.39, 0.29) is 5.75 Å². The zero-order chi connectivity index (χ0) is 11.6. The standard InChI is InChI=1S/C10H14BrFO2Si/c1-13-10-6-9(14-15(2,3)4)7(11)5-8(10)12/h5-6H,1-4H3. The van der Waals surface area contributed by atoms with Crippen molar-refractivity contribution in [2.24, 2.45) is 0 Å². The lowest BCUT2D eigenvalue weighted by molar-refractivity contribution is 0.383. The van der Waals surface area contributed by atoms with E-state index in [2.05, 4.69) is 35.6 Å². The quantitative estimate of drug-likeness (QED) is 0.789. The van der Waals surface area contributed by atoms with E-state index in [4.69, 9.17) is 9.16 Å². The van der Waals surface area contributed by atoms with Gasteiger partial charge in [-0.2, -0.15) is 0 Å². The van der Waals surface area contributed by atoms with E-state index in [0.717, 1.165) is 0 Å². The molecule has 0 aromatic heterocycles. The molecule has 0 radical (unpaired) electrons. The first kappa shape index (κ1) is 12.5. The zero-order valence-electron chi connectivity index (χ0n) is 9.23. The first-order valence-electron chi connectivity index (χ1n) is 4.55. The molecule has 2 nitrogen and oxygen atoms in total. The summed E-state index contributed by atoms with van der Waals surface area (Å²) in [5, 5.41) is 0. The Kier molecular flexibility index (Phi) is 3.78. The number of halogens is 2. The molecule has 0 spiro atoms. The van der Waals surface area contributed by atoms with E-state index in [9.17, 15) is 4.39 Å². The zero-order valence-corrected chi connectivity index (χ0v) is 11.8. The minimum Gasteiger partial charge on any atom is -0.543 e. The van der Waals surface area contributed by atoms with Crippen LogP contribution in [0.15, 0.2) is 16.6 Å². The highest BCUT2D eigenvalue weighted by Gasteiger charge is 2.19. The summed E-state index contributed by atoms with van der Waals surface area (Å²) in [5.41, 5.74) is 0. The molecular formula is C10H14BrFO2Si. The van der Waals surface area contributed by atoms with Crippen molar-refractivity contribution < 1.29 is 13.6 Å². The predicted molar refractivity (Wildman–Crippen MR) is 64.6 cm³/mol. The molecule has 1 aromatic rings. The van der Waals surface area contributed by atoms with Crippen LogP contribution in [0.2, 0.25) is 19.6 Å². The fourth-order valence-corrected chi connectivity index (χ4v) is 2.45. The summed E-state index contributed by atoms with van der Waals surface area (Å²) >= 11 is 3.26. The van der Waals surface area contributed by atoms with Gasteiger partial charge in [-0.25, -0.2) is 4.39 Å². The van der Waals surface area contributed by atoms with E-state index < -0.39 is 14.1 Å². The van der Waals surface area contributed by atoms with Crippen LogP contribution in [0, 0.1) is 5.82 Å². The highest BCUT2D eigenvalue weighted by Crippen LogP contribution is 2.33. The highest BCUT2D eigenvalue weighted by molar-refractivity contribution is 9.10. The molecule has 0 unspecified atom stereocenters. The van der Waals surface area contributed by atoms with Crippen LogP contribution in [0.5, 0.6) is 11.5 Å². The molecule has 5 heteroatoms. The van der Waals surface area contributed by atoms with Crippen LogP contribution < -0.4 is 9.16 Å². The van der Waals surface area contributed by atoms with Crippen molar-refractivity contribution in [1.82, 2.24) is 0 Å². The van der Waals surface area contributed by atoms with Crippen LogP contribution in [0.25, 0.3) is 0 Å². The van der Waals surface area contributed by atoms with Crippen molar-refractivity contribution in [2.75, 3.05) is 7.11 Å². The van der Waals surface area contributed by atoms with Crippen LogP contribution >= 0.6 is 15.9 Å². The molecule has 0 aliphatic heterocycles. The summed E-state index contributed by atoms with van der Waals surface area (Å²) in [5.74, 6) is 0.436. The minimum absolute atomic E-state index is 0.200. The SMILES string of the molecule is COc1cc(O[Si](C)(C)C)c(Br)cc1F. The fourth-order valence-electron chi connectivity index (χ4n) is 1.07. The largest absolute Gasteiger partial charge is 0.543 e. The van der Waals surface area contributed by atoms with Crippen molar-refractivity contribution in [3.05, 3.63) is 22.4 Å². The van der Waals surface area contributed by atoms with Gasteiger partial charge in [0, 0.05) is 6.07 Å². The van der Waals surface area contributed by atoms with Gasteiger partial charge in [0.05, 0.1) is 11.6 Å². The Morgan fingerprint density at radius 2 is 1.80 bits per heavy atom. The van der Waals surface area contributed by atoms with Gasteiger partial charge in [0.25, 0.3) is 0 Å².